The lowest BCUT2D eigenvalue weighted by Crippen LogP contribution is -2.64. The number of carboxylic acids is 1. The molecule has 174 valence electrons. The Morgan fingerprint density at radius 2 is 1.97 bits per heavy atom. The third kappa shape index (κ3) is 4.34. The first-order valence-corrected chi connectivity index (χ1v) is 11.5. The number of ether oxygens (including phenoxy) is 1. The number of hydrogen-bond acceptors (Lipinski definition) is 5. The van der Waals surface area contributed by atoms with Crippen LogP contribution in [0.3, 0.4) is 0 Å². The molecular weight excluding hydrogens is 396 g/mol. The molecule has 6 heteroatoms. The first-order chi connectivity index (χ1) is 14.3. The topological polar surface area (TPSA) is 104 Å². The average Bonchev–Trinajstić information content (AvgIpc) is 2.95. The zero-order chi connectivity index (χ0) is 23.2. The summed E-state index contributed by atoms with van der Waals surface area (Å²) in [6, 6.07) is 0. The minimum absolute atomic E-state index is 0.110. The van der Waals surface area contributed by atoms with Crippen molar-refractivity contribution in [3.8, 4) is 0 Å². The van der Waals surface area contributed by atoms with Gasteiger partial charge in [0.05, 0.1) is 17.1 Å². The Kier molecular flexibility index (Phi) is 6.47. The van der Waals surface area contributed by atoms with E-state index in [2.05, 4.69) is 13.0 Å². The second-order valence-electron chi connectivity index (χ2n) is 10.9. The fraction of sp³-hybridized carbons (Fsp3) is 0.760. The van der Waals surface area contributed by atoms with E-state index < -0.39 is 28.5 Å². The first-order valence-electron chi connectivity index (χ1n) is 11.5. The Labute approximate surface area is 185 Å². The maximum Gasteiger partial charge on any atom is 0.331 e. The highest BCUT2D eigenvalue weighted by molar-refractivity contribution is 5.85. The minimum atomic E-state index is -1.05. The van der Waals surface area contributed by atoms with Gasteiger partial charge in [0.2, 0.25) is 0 Å². The minimum Gasteiger partial charge on any atom is -0.481 e. The smallest absolute Gasteiger partial charge is 0.331 e. The molecule has 0 amide bonds. The van der Waals surface area contributed by atoms with Crippen molar-refractivity contribution < 1.29 is 29.6 Å². The van der Waals surface area contributed by atoms with Gasteiger partial charge in [0.1, 0.15) is 6.10 Å². The maximum absolute atomic E-state index is 12.2. The highest BCUT2D eigenvalue weighted by Crippen LogP contribution is 2.63. The van der Waals surface area contributed by atoms with Crippen molar-refractivity contribution in [1.29, 1.82) is 0 Å². The van der Waals surface area contributed by atoms with Gasteiger partial charge >= 0.3 is 11.9 Å². The van der Waals surface area contributed by atoms with Crippen molar-refractivity contribution in [1.82, 2.24) is 0 Å². The van der Waals surface area contributed by atoms with E-state index in [1.165, 1.54) is 6.08 Å². The standard InChI is InChI=1S/C25H38O6/c1-15(7-9-18-16(2)13-20(27)31-18)8-10-19-23(3)11-6-12-24(4,22(28)29)21(23)17(26)14-25(19,5)30/h7,13,17-19,21,26,30H,6,8-12,14H2,1-5H3,(H,28,29)/b15-7+/t17-,18+,19+,21+,23+,24+,25+/m0/s1. The van der Waals surface area contributed by atoms with Gasteiger partial charge in [-0.05, 0) is 70.3 Å². The molecule has 1 heterocycles. The number of carbonyl (C=O) groups excluding carboxylic acids is 1. The zero-order valence-electron chi connectivity index (χ0n) is 19.5. The lowest BCUT2D eigenvalue weighted by Gasteiger charge is -2.62. The Morgan fingerprint density at radius 1 is 1.29 bits per heavy atom. The molecule has 0 aromatic rings. The Bertz CT molecular complexity index is 796. The number of cyclic esters (lactones) is 1. The molecule has 31 heavy (non-hydrogen) atoms. The summed E-state index contributed by atoms with van der Waals surface area (Å²) in [5.74, 6) is -1.63. The summed E-state index contributed by atoms with van der Waals surface area (Å²) in [4.78, 5) is 23.6. The largest absolute Gasteiger partial charge is 0.481 e. The van der Waals surface area contributed by atoms with E-state index in [4.69, 9.17) is 4.74 Å². The van der Waals surface area contributed by atoms with Crippen molar-refractivity contribution in [2.24, 2.45) is 22.7 Å². The summed E-state index contributed by atoms with van der Waals surface area (Å²) in [6.07, 6.45) is 7.06. The number of aliphatic hydroxyl groups is 2. The molecule has 2 fully saturated rings. The molecule has 0 radical (unpaired) electrons. The van der Waals surface area contributed by atoms with Crippen molar-refractivity contribution in [2.75, 3.05) is 0 Å². The van der Waals surface area contributed by atoms with Crippen LogP contribution >= 0.6 is 0 Å². The number of aliphatic hydroxyl groups excluding tert-OH is 1. The number of aliphatic carboxylic acids is 1. The lowest BCUT2D eigenvalue weighted by molar-refractivity contribution is -0.223. The summed E-state index contributed by atoms with van der Waals surface area (Å²) in [6.45, 7) is 9.57. The van der Waals surface area contributed by atoms with Crippen LogP contribution < -0.4 is 0 Å². The van der Waals surface area contributed by atoms with Gasteiger partial charge < -0.3 is 20.1 Å². The van der Waals surface area contributed by atoms with Crippen molar-refractivity contribution in [2.45, 2.75) is 97.4 Å². The molecule has 0 unspecified atom stereocenters. The molecule has 0 spiro atoms. The second kappa shape index (κ2) is 8.36. The number of rotatable bonds is 6. The molecule has 0 bridgehead atoms. The van der Waals surface area contributed by atoms with Crippen LogP contribution in [0.2, 0.25) is 0 Å². The van der Waals surface area contributed by atoms with Crippen LogP contribution in [0.25, 0.3) is 0 Å². The van der Waals surface area contributed by atoms with Crippen LogP contribution in [0.4, 0.5) is 0 Å². The molecule has 3 aliphatic rings. The fourth-order valence-electron chi connectivity index (χ4n) is 6.97. The Hall–Kier alpha value is -1.66. The van der Waals surface area contributed by atoms with Crippen LogP contribution in [0.15, 0.2) is 23.3 Å². The SMILES string of the molecule is CC1=CC(=O)O[C@@H]1C/C=C(\C)CC[C@@H]1[C@@]2(C)CCC[C@@](C)(C(=O)O)[C@@H]2[C@@H](O)C[C@@]1(C)O. The maximum atomic E-state index is 12.2. The van der Waals surface area contributed by atoms with Gasteiger partial charge in [0.15, 0.2) is 0 Å². The van der Waals surface area contributed by atoms with Gasteiger partial charge in [-0.1, -0.05) is 25.0 Å². The zero-order valence-corrected chi connectivity index (χ0v) is 19.5. The van der Waals surface area contributed by atoms with Crippen LogP contribution in [0.5, 0.6) is 0 Å². The summed E-state index contributed by atoms with van der Waals surface area (Å²) < 4.78 is 5.30. The molecule has 0 saturated heterocycles. The molecule has 2 saturated carbocycles. The molecule has 2 aliphatic carbocycles. The fourth-order valence-corrected chi connectivity index (χ4v) is 6.97. The number of allylic oxidation sites excluding steroid dienone is 1. The van der Waals surface area contributed by atoms with E-state index >= 15 is 0 Å². The third-order valence-corrected chi connectivity index (χ3v) is 8.47. The molecule has 7 atom stereocenters. The van der Waals surface area contributed by atoms with Gasteiger partial charge in [-0.15, -0.1) is 0 Å². The highest BCUT2D eigenvalue weighted by atomic mass is 16.5. The monoisotopic (exact) mass is 434 g/mol. The highest BCUT2D eigenvalue weighted by Gasteiger charge is 2.64. The molecular formula is C25H38O6. The molecule has 3 rings (SSSR count). The Morgan fingerprint density at radius 3 is 2.55 bits per heavy atom. The van der Waals surface area contributed by atoms with Gasteiger partial charge in [-0.2, -0.15) is 0 Å². The molecule has 3 N–H and O–H groups in total. The molecule has 1 aliphatic heterocycles. The summed E-state index contributed by atoms with van der Waals surface area (Å²) in [5, 5.41) is 32.3. The van der Waals surface area contributed by atoms with Crippen LogP contribution in [-0.4, -0.2) is 45.1 Å². The average molecular weight is 435 g/mol. The summed E-state index contributed by atoms with van der Waals surface area (Å²) in [5.41, 5.74) is -0.393. The van der Waals surface area contributed by atoms with Gasteiger partial charge in [0, 0.05) is 24.8 Å². The number of hydrogen-bond donors (Lipinski definition) is 3. The van der Waals surface area contributed by atoms with Crippen molar-refractivity contribution in [3.63, 3.8) is 0 Å². The van der Waals surface area contributed by atoms with Crippen molar-refractivity contribution >= 4 is 11.9 Å². The molecule has 0 aromatic heterocycles. The number of carboxylic acid groups (broad SMARTS) is 1. The van der Waals surface area contributed by atoms with Gasteiger partial charge in [0.25, 0.3) is 0 Å². The van der Waals surface area contributed by atoms with E-state index in [1.54, 1.807) is 13.8 Å². The van der Waals surface area contributed by atoms with Gasteiger partial charge in [-0.3, -0.25) is 4.79 Å². The van der Waals surface area contributed by atoms with E-state index in [0.29, 0.717) is 12.8 Å². The van der Waals surface area contributed by atoms with E-state index in [1.807, 2.05) is 13.8 Å². The normalized spacial score (nSPS) is 43.3. The summed E-state index contributed by atoms with van der Waals surface area (Å²) >= 11 is 0. The Balaban J connectivity index is 1.77. The second-order valence-corrected chi connectivity index (χ2v) is 10.9. The molecule has 6 nitrogen and oxygen atoms in total. The number of carbonyl (C=O) groups is 2. The van der Waals surface area contributed by atoms with Crippen LogP contribution in [-0.2, 0) is 14.3 Å². The van der Waals surface area contributed by atoms with E-state index in [9.17, 15) is 24.9 Å². The lowest BCUT2D eigenvalue weighted by atomic mass is 9.44. The number of esters is 1. The summed E-state index contributed by atoms with van der Waals surface area (Å²) in [7, 11) is 0. The molecule has 0 aromatic carbocycles. The number of fused-ring (bicyclic) bond motifs is 1. The first kappa shape index (κ1) is 24.0. The quantitative estimate of drug-likeness (QED) is 0.431. The third-order valence-electron chi connectivity index (χ3n) is 8.47. The van der Waals surface area contributed by atoms with Crippen LogP contribution in [0.1, 0.15) is 79.6 Å². The predicted octanol–water partition coefficient (Wildman–Crippen LogP) is 4.00. The predicted molar refractivity (Wildman–Crippen MR) is 117 cm³/mol. The van der Waals surface area contributed by atoms with E-state index in [-0.39, 0.29) is 30.3 Å². The van der Waals surface area contributed by atoms with Gasteiger partial charge in [-0.25, -0.2) is 4.79 Å². The van der Waals surface area contributed by atoms with Crippen LogP contribution in [0, 0.1) is 22.7 Å². The van der Waals surface area contributed by atoms with E-state index in [0.717, 1.165) is 36.8 Å². The van der Waals surface area contributed by atoms with Crippen molar-refractivity contribution in [3.05, 3.63) is 23.3 Å².